The van der Waals surface area contributed by atoms with Crippen LogP contribution in [0.3, 0.4) is 0 Å². The Morgan fingerprint density at radius 2 is 1.62 bits per heavy atom. The molecular formula is C29H39N3O5. The minimum absolute atomic E-state index is 0.0968. The Balaban J connectivity index is 1.97. The van der Waals surface area contributed by atoms with Crippen molar-refractivity contribution in [3.05, 3.63) is 59.7 Å². The van der Waals surface area contributed by atoms with Gasteiger partial charge >= 0.3 is 6.09 Å². The molecule has 0 spiro atoms. The van der Waals surface area contributed by atoms with Crippen LogP contribution in [0.2, 0.25) is 0 Å². The predicted octanol–water partition coefficient (Wildman–Crippen LogP) is 5.22. The molecule has 2 aromatic carbocycles. The molecule has 2 aromatic rings. The molecule has 0 saturated heterocycles. The molecule has 0 bridgehead atoms. The third kappa shape index (κ3) is 7.47. The normalized spacial score (nSPS) is 14.9. The molecule has 1 aliphatic carbocycles. The van der Waals surface area contributed by atoms with Crippen LogP contribution in [0.15, 0.2) is 48.5 Å². The van der Waals surface area contributed by atoms with Crippen molar-refractivity contribution in [2.45, 2.75) is 78.1 Å². The Bertz CT molecular complexity index is 1100. The maximum Gasteiger partial charge on any atom is 0.408 e. The largest absolute Gasteiger partial charge is 0.497 e. The maximum absolute atomic E-state index is 14.1. The topological polar surface area (TPSA) is 97.0 Å². The first-order valence-corrected chi connectivity index (χ1v) is 12.7. The third-order valence-electron chi connectivity index (χ3n) is 6.17. The molecule has 200 valence electrons. The highest BCUT2D eigenvalue weighted by Gasteiger charge is 2.45. The molecule has 8 nitrogen and oxygen atoms in total. The second-order valence-electron chi connectivity index (χ2n) is 10.8. The van der Waals surface area contributed by atoms with E-state index in [1.165, 1.54) is 0 Å². The van der Waals surface area contributed by atoms with Crippen LogP contribution in [0.25, 0.3) is 0 Å². The quantitative estimate of drug-likeness (QED) is 0.483. The monoisotopic (exact) mass is 509 g/mol. The highest BCUT2D eigenvalue weighted by Crippen LogP contribution is 2.37. The van der Waals surface area contributed by atoms with Crippen LogP contribution >= 0.6 is 0 Å². The Morgan fingerprint density at radius 1 is 1.00 bits per heavy atom. The van der Waals surface area contributed by atoms with Crippen molar-refractivity contribution in [3.8, 4) is 5.75 Å². The molecule has 1 saturated carbocycles. The van der Waals surface area contributed by atoms with Gasteiger partial charge in [0.25, 0.3) is 5.91 Å². The zero-order valence-electron chi connectivity index (χ0n) is 22.8. The molecule has 8 heteroatoms. The summed E-state index contributed by atoms with van der Waals surface area (Å²) in [5.41, 5.74) is 1.54. The van der Waals surface area contributed by atoms with Crippen LogP contribution in [0.4, 0.5) is 10.5 Å². The van der Waals surface area contributed by atoms with Crippen molar-refractivity contribution in [2.24, 2.45) is 5.92 Å². The van der Waals surface area contributed by atoms with Crippen LogP contribution in [0.5, 0.6) is 5.75 Å². The van der Waals surface area contributed by atoms with Crippen molar-refractivity contribution < 1.29 is 23.9 Å². The lowest BCUT2D eigenvalue weighted by atomic mass is 9.96. The van der Waals surface area contributed by atoms with E-state index in [0.29, 0.717) is 11.4 Å². The molecule has 2 N–H and O–H groups in total. The van der Waals surface area contributed by atoms with E-state index in [4.69, 9.17) is 9.47 Å². The number of benzene rings is 2. The Kier molecular flexibility index (Phi) is 8.84. The maximum atomic E-state index is 14.1. The van der Waals surface area contributed by atoms with E-state index in [1.807, 2.05) is 45.0 Å². The van der Waals surface area contributed by atoms with Gasteiger partial charge in [0.15, 0.2) is 0 Å². The highest BCUT2D eigenvalue weighted by molar-refractivity contribution is 5.99. The molecule has 3 amide bonds. The molecule has 0 aromatic heterocycles. The van der Waals surface area contributed by atoms with E-state index in [2.05, 4.69) is 10.6 Å². The van der Waals surface area contributed by atoms with E-state index >= 15 is 0 Å². The summed E-state index contributed by atoms with van der Waals surface area (Å²) in [7, 11) is 1.58. The van der Waals surface area contributed by atoms with Crippen LogP contribution in [0.1, 0.15) is 64.6 Å². The average molecular weight is 510 g/mol. The van der Waals surface area contributed by atoms with Crippen molar-refractivity contribution in [3.63, 3.8) is 0 Å². The number of aryl methyl sites for hydroxylation is 1. The number of hydrogen-bond donors (Lipinski definition) is 2. The van der Waals surface area contributed by atoms with Gasteiger partial charge in [-0.3, -0.25) is 9.59 Å². The van der Waals surface area contributed by atoms with E-state index in [-0.39, 0.29) is 23.8 Å². The fraction of sp³-hybridized carbons (Fsp3) is 0.483. The number of carbonyl (C=O) groups excluding carboxylic acids is 3. The van der Waals surface area contributed by atoms with E-state index < -0.39 is 23.8 Å². The minimum Gasteiger partial charge on any atom is -0.497 e. The summed E-state index contributed by atoms with van der Waals surface area (Å²) in [6.07, 6.45) is 0.924. The zero-order valence-corrected chi connectivity index (χ0v) is 22.8. The molecule has 0 heterocycles. The van der Waals surface area contributed by atoms with Gasteiger partial charge in [0.2, 0.25) is 5.91 Å². The average Bonchev–Trinajstić information content (AvgIpc) is 3.65. The first-order valence-electron chi connectivity index (χ1n) is 12.7. The molecule has 2 unspecified atom stereocenters. The lowest BCUT2D eigenvalue weighted by Crippen LogP contribution is -2.55. The summed E-state index contributed by atoms with van der Waals surface area (Å²) in [5, 5.41) is 5.74. The SMILES string of the molecule is COc1ccc(NC(=O)C(c2ccccc2C)N(C(=O)C(NC(=O)OC(C)(C)C)C(C)C)C2CC2)cc1. The zero-order chi connectivity index (χ0) is 27.3. The van der Waals surface area contributed by atoms with Gasteiger partial charge in [0, 0.05) is 11.7 Å². The van der Waals surface area contributed by atoms with Gasteiger partial charge in [-0.25, -0.2) is 4.79 Å². The van der Waals surface area contributed by atoms with Gasteiger partial charge in [-0.15, -0.1) is 0 Å². The van der Waals surface area contributed by atoms with Gasteiger partial charge in [-0.05, 0) is 81.8 Å². The Labute approximate surface area is 219 Å². The predicted molar refractivity (Wildman–Crippen MR) is 143 cm³/mol. The highest BCUT2D eigenvalue weighted by atomic mass is 16.6. The van der Waals surface area contributed by atoms with Crippen LogP contribution in [-0.2, 0) is 14.3 Å². The van der Waals surface area contributed by atoms with Crippen molar-refractivity contribution in [1.82, 2.24) is 10.2 Å². The van der Waals surface area contributed by atoms with Crippen molar-refractivity contribution in [2.75, 3.05) is 12.4 Å². The molecular weight excluding hydrogens is 470 g/mol. The summed E-state index contributed by atoms with van der Waals surface area (Å²) in [5.74, 6) is -0.166. The molecule has 37 heavy (non-hydrogen) atoms. The standard InChI is InChI=1S/C29H39N3O5/c1-18(2)24(31-28(35)37-29(4,5)6)27(34)32(21-14-15-21)25(23-11-9-8-10-19(23)3)26(33)30-20-12-16-22(36-7)17-13-20/h8-13,16-18,21,24-25H,14-15H2,1-7H3,(H,30,33)(H,31,35). The number of ether oxygens (including phenoxy) is 2. The van der Waals surface area contributed by atoms with E-state index in [9.17, 15) is 14.4 Å². The fourth-order valence-corrected chi connectivity index (χ4v) is 4.18. The lowest BCUT2D eigenvalue weighted by Gasteiger charge is -2.36. The number of anilines is 1. The Hall–Kier alpha value is -3.55. The van der Waals surface area contributed by atoms with Gasteiger partial charge in [-0.2, -0.15) is 0 Å². The van der Waals surface area contributed by atoms with Gasteiger partial charge in [-0.1, -0.05) is 38.1 Å². The number of rotatable bonds is 9. The van der Waals surface area contributed by atoms with Crippen molar-refractivity contribution in [1.29, 1.82) is 0 Å². The van der Waals surface area contributed by atoms with Crippen LogP contribution < -0.4 is 15.4 Å². The second-order valence-corrected chi connectivity index (χ2v) is 10.8. The number of nitrogens with zero attached hydrogens (tertiary/aromatic N) is 1. The lowest BCUT2D eigenvalue weighted by molar-refractivity contribution is -0.142. The summed E-state index contributed by atoms with van der Waals surface area (Å²) in [6.45, 7) is 11.0. The molecule has 0 aliphatic heterocycles. The van der Waals surface area contributed by atoms with Crippen LogP contribution in [-0.4, -0.2) is 47.6 Å². The summed E-state index contributed by atoms with van der Waals surface area (Å²) in [4.78, 5) is 42.2. The van der Waals surface area contributed by atoms with Crippen LogP contribution in [0, 0.1) is 12.8 Å². The first-order chi connectivity index (χ1) is 17.4. The smallest absolute Gasteiger partial charge is 0.408 e. The molecule has 1 fully saturated rings. The van der Waals surface area contributed by atoms with Gasteiger partial charge in [0.05, 0.1) is 7.11 Å². The fourth-order valence-electron chi connectivity index (χ4n) is 4.18. The minimum atomic E-state index is -0.870. The van der Waals surface area contributed by atoms with Gasteiger partial charge < -0.3 is 25.0 Å². The van der Waals surface area contributed by atoms with Crippen molar-refractivity contribution >= 4 is 23.6 Å². The summed E-state index contributed by atoms with van der Waals surface area (Å²) >= 11 is 0. The molecule has 0 radical (unpaired) electrons. The number of carbonyl (C=O) groups is 3. The molecule has 3 rings (SSSR count). The number of alkyl carbamates (subject to hydrolysis) is 1. The molecule has 2 atom stereocenters. The van der Waals surface area contributed by atoms with E-state index in [0.717, 1.165) is 24.0 Å². The first kappa shape index (κ1) is 28.0. The summed E-state index contributed by atoms with van der Waals surface area (Å²) in [6, 6.07) is 12.8. The summed E-state index contributed by atoms with van der Waals surface area (Å²) < 4.78 is 10.6. The Morgan fingerprint density at radius 3 is 2.14 bits per heavy atom. The molecule has 1 aliphatic rings. The van der Waals surface area contributed by atoms with E-state index in [1.54, 1.807) is 57.0 Å². The second kappa shape index (κ2) is 11.7. The number of amides is 3. The van der Waals surface area contributed by atoms with Gasteiger partial charge in [0.1, 0.15) is 23.4 Å². The third-order valence-corrected chi connectivity index (χ3v) is 6.17. The number of nitrogens with one attached hydrogen (secondary N) is 2. The number of methoxy groups -OCH3 is 1. The number of hydrogen-bond acceptors (Lipinski definition) is 5.